The summed E-state index contributed by atoms with van der Waals surface area (Å²) in [7, 11) is 3.43. The standard InChI is InChI=1S/C17H20BrNO3/c1-19(8-3-9-21-2)17(20)12-22-16-7-5-13-10-15(18)6-4-14(13)11-16/h4-7,10-11H,3,8-9,12H2,1-2H3. The van der Waals surface area contributed by atoms with Crippen LogP contribution in [0.5, 0.6) is 5.75 Å². The van der Waals surface area contributed by atoms with E-state index in [-0.39, 0.29) is 12.5 Å². The van der Waals surface area contributed by atoms with Crippen LogP contribution in [0.3, 0.4) is 0 Å². The second-order valence-corrected chi connectivity index (χ2v) is 6.02. The molecule has 4 nitrogen and oxygen atoms in total. The molecule has 118 valence electrons. The number of nitrogens with zero attached hydrogens (tertiary/aromatic N) is 1. The van der Waals surface area contributed by atoms with Crippen molar-refractivity contribution in [1.82, 2.24) is 4.90 Å². The fourth-order valence-electron chi connectivity index (χ4n) is 2.11. The SMILES string of the molecule is COCCCN(C)C(=O)COc1ccc2cc(Br)ccc2c1. The predicted octanol–water partition coefficient (Wildman–Crippen LogP) is 3.48. The summed E-state index contributed by atoms with van der Waals surface area (Å²) in [5.41, 5.74) is 0. The third-order valence-electron chi connectivity index (χ3n) is 3.40. The Morgan fingerprint density at radius 3 is 2.68 bits per heavy atom. The molecule has 22 heavy (non-hydrogen) atoms. The summed E-state index contributed by atoms with van der Waals surface area (Å²) in [6.45, 7) is 1.37. The molecule has 0 saturated carbocycles. The fraction of sp³-hybridized carbons (Fsp3) is 0.353. The lowest BCUT2D eigenvalue weighted by Crippen LogP contribution is -2.32. The summed E-state index contributed by atoms with van der Waals surface area (Å²) in [5.74, 6) is 0.667. The second-order valence-electron chi connectivity index (χ2n) is 5.10. The van der Waals surface area contributed by atoms with E-state index in [1.807, 2.05) is 36.4 Å². The maximum atomic E-state index is 12.0. The number of benzene rings is 2. The summed E-state index contributed by atoms with van der Waals surface area (Å²) in [4.78, 5) is 13.6. The Labute approximate surface area is 139 Å². The first-order valence-corrected chi connectivity index (χ1v) is 7.94. The first-order valence-electron chi connectivity index (χ1n) is 7.15. The minimum absolute atomic E-state index is 0.0352. The fourth-order valence-corrected chi connectivity index (χ4v) is 2.49. The van der Waals surface area contributed by atoms with Crippen molar-refractivity contribution in [1.29, 1.82) is 0 Å². The Bertz CT molecular complexity index is 645. The van der Waals surface area contributed by atoms with Crippen molar-refractivity contribution < 1.29 is 14.3 Å². The normalized spacial score (nSPS) is 10.7. The van der Waals surface area contributed by atoms with Gasteiger partial charge in [-0.15, -0.1) is 0 Å². The van der Waals surface area contributed by atoms with E-state index < -0.39 is 0 Å². The number of methoxy groups -OCH3 is 1. The van der Waals surface area contributed by atoms with Crippen LogP contribution in [0.2, 0.25) is 0 Å². The topological polar surface area (TPSA) is 38.8 Å². The maximum absolute atomic E-state index is 12.0. The zero-order valence-electron chi connectivity index (χ0n) is 12.8. The van der Waals surface area contributed by atoms with Crippen LogP contribution in [-0.4, -0.2) is 44.7 Å². The van der Waals surface area contributed by atoms with Gasteiger partial charge in [-0.1, -0.05) is 28.1 Å². The molecule has 0 spiro atoms. The van der Waals surface area contributed by atoms with E-state index in [0.29, 0.717) is 18.9 Å². The van der Waals surface area contributed by atoms with Crippen LogP contribution < -0.4 is 4.74 Å². The van der Waals surface area contributed by atoms with Gasteiger partial charge in [0.05, 0.1) is 0 Å². The highest BCUT2D eigenvalue weighted by Gasteiger charge is 2.09. The molecule has 0 heterocycles. The van der Waals surface area contributed by atoms with Gasteiger partial charge >= 0.3 is 0 Å². The second kappa shape index (κ2) is 8.15. The minimum Gasteiger partial charge on any atom is -0.484 e. The van der Waals surface area contributed by atoms with Crippen LogP contribution in [0, 0.1) is 0 Å². The van der Waals surface area contributed by atoms with E-state index >= 15 is 0 Å². The van der Waals surface area contributed by atoms with Gasteiger partial charge in [-0.2, -0.15) is 0 Å². The molecule has 0 radical (unpaired) electrons. The first kappa shape index (κ1) is 16.8. The van der Waals surface area contributed by atoms with Gasteiger partial charge in [0.25, 0.3) is 5.91 Å². The number of carbonyl (C=O) groups excluding carboxylic acids is 1. The minimum atomic E-state index is -0.0352. The summed E-state index contributed by atoms with van der Waals surface area (Å²) in [6, 6.07) is 11.9. The Kier molecular flexibility index (Phi) is 6.21. The molecule has 0 N–H and O–H groups in total. The van der Waals surface area contributed by atoms with Gasteiger partial charge in [0.2, 0.25) is 0 Å². The molecule has 2 aromatic carbocycles. The van der Waals surface area contributed by atoms with Crippen LogP contribution >= 0.6 is 15.9 Å². The van der Waals surface area contributed by atoms with Crippen molar-refractivity contribution >= 4 is 32.6 Å². The molecule has 0 unspecified atom stereocenters. The van der Waals surface area contributed by atoms with Gasteiger partial charge in [0, 0.05) is 31.8 Å². The molecular weight excluding hydrogens is 346 g/mol. The monoisotopic (exact) mass is 365 g/mol. The Morgan fingerprint density at radius 2 is 1.91 bits per heavy atom. The van der Waals surface area contributed by atoms with Gasteiger partial charge in [0.1, 0.15) is 5.75 Å². The maximum Gasteiger partial charge on any atom is 0.260 e. The Morgan fingerprint density at radius 1 is 1.18 bits per heavy atom. The average Bonchev–Trinajstić information content (AvgIpc) is 2.52. The van der Waals surface area contributed by atoms with Crippen molar-refractivity contribution in [3.63, 3.8) is 0 Å². The molecule has 0 saturated heterocycles. The lowest BCUT2D eigenvalue weighted by atomic mass is 10.1. The lowest BCUT2D eigenvalue weighted by Gasteiger charge is -2.17. The van der Waals surface area contributed by atoms with Gasteiger partial charge in [-0.3, -0.25) is 4.79 Å². The molecule has 0 aliphatic rings. The molecule has 1 amide bonds. The van der Waals surface area contributed by atoms with Crippen LogP contribution in [0.25, 0.3) is 10.8 Å². The number of hydrogen-bond donors (Lipinski definition) is 0. The van der Waals surface area contributed by atoms with Gasteiger partial charge < -0.3 is 14.4 Å². The molecule has 2 aromatic rings. The van der Waals surface area contributed by atoms with Crippen molar-refractivity contribution in [2.45, 2.75) is 6.42 Å². The smallest absolute Gasteiger partial charge is 0.260 e. The van der Waals surface area contributed by atoms with Gasteiger partial charge in [-0.25, -0.2) is 0 Å². The van der Waals surface area contributed by atoms with E-state index in [4.69, 9.17) is 9.47 Å². The van der Waals surface area contributed by atoms with Crippen LogP contribution in [0.15, 0.2) is 40.9 Å². The highest BCUT2D eigenvalue weighted by Crippen LogP contribution is 2.24. The van der Waals surface area contributed by atoms with Crippen molar-refractivity contribution in [2.24, 2.45) is 0 Å². The highest BCUT2D eigenvalue weighted by molar-refractivity contribution is 9.10. The first-order chi connectivity index (χ1) is 10.6. The third-order valence-corrected chi connectivity index (χ3v) is 3.90. The lowest BCUT2D eigenvalue weighted by molar-refractivity contribution is -0.132. The van der Waals surface area contributed by atoms with E-state index in [1.54, 1.807) is 19.1 Å². The Balaban J connectivity index is 1.91. The molecule has 0 bridgehead atoms. The zero-order chi connectivity index (χ0) is 15.9. The summed E-state index contributed by atoms with van der Waals surface area (Å²) >= 11 is 3.45. The number of hydrogen-bond acceptors (Lipinski definition) is 3. The van der Waals surface area contributed by atoms with Crippen molar-refractivity contribution in [3.05, 3.63) is 40.9 Å². The molecule has 0 aliphatic carbocycles. The summed E-state index contributed by atoms with van der Waals surface area (Å²) in [5, 5.41) is 2.21. The van der Waals surface area contributed by atoms with E-state index in [0.717, 1.165) is 21.7 Å². The number of ether oxygens (including phenoxy) is 2. The van der Waals surface area contributed by atoms with Crippen molar-refractivity contribution in [3.8, 4) is 5.75 Å². The van der Waals surface area contributed by atoms with Crippen LogP contribution in [0.1, 0.15) is 6.42 Å². The van der Waals surface area contributed by atoms with E-state index in [2.05, 4.69) is 15.9 Å². The predicted molar refractivity (Wildman–Crippen MR) is 91.3 cm³/mol. The average molecular weight is 366 g/mol. The van der Waals surface area contributed by atoms with Crippen LogP contribution in [0.4, 0.5) is 0 Å². The molecular formula is C17H20BrNO3. The largest absolute Gasteiger partial charge is 0.484 e. The molecule has 5 heteroatoms. The zero-order valence-corrected chi connectivity index (χ0v) is 14.4. The van der Waals surface area contributed by atoms with Gasteiger partial charge in [0.15, 0.2) is 6.61 Å². The van der Waals surface area contributed by atoms with E-state index in [1.165, 1.54) is 0 Å². The molecule has 0 aliphatic heterocycles. The summed E-state index contributed by atoms with van der Waals surface area (Å²) in [6.07, 6.45) is 0.823. The van der Waals surface area contributed by atoms with Crippen molar-refractivity contribution in [2.75, 3.05) is 33.9 Å². The molecule has 0 fully saturated rings. The number of halogens is 1. The number of likely N-dealkylation sites (N-methyl/N-ethyl adjacent to an activating group) is 1. The Hall–Kier alpha value is -1.59. The molecule has 0 aromatic heterocycles. The third kappa shape index (κ3) is 4.71. The van der Waals surface area contributed by atoms with Crippen LogP contribution in [-0.2, 0) is 9.53 Å². The number of carbonyl (C=O) groups is 1. The van der Waals surface area contributed by atoms with E-state index in [9.17, 15) is 4.79 Å². The summed E-state index contributed by atoms with van der Waals surface area (Å²) < 4.78 is 11.6. The number of rotatable bonds is 7. The number of fused-ring (bicyclic) bond motifs is 1. The molecule has 2 rings (SSSR count). The highest BCUT2D eigenvalue weighted by atomic mass is 79.9. The molecule has 0 atom stereocenters. The van der Waals surface area contributed by atoms with Gasteiger partial charge in [-0.05, 0) is 41.5 Å². The number of amides is 1. The quantitative estimate of drug-likeness (QED) is 0.705.